The van der Waals surface area contributed by atoms with E-state index in [0.29, 0.717) is 0 Å². The van der Waals surface area contributed by atoms with Crippen LogP contribution in [-0.4, -0.2) is 21.6 Å². The number of fused-ring (bicyclic) bond motifs is 1. The zero-order valence-electron chi connectivity index (χ0n) is 12.7. The van der Waals surface area contributed by atoms with Crippen molar-refractivity contribution in [1.29, 1.82) is 0 Å². The molecule has 3 rings (SSSR count). The van der Waals surface area contributed by atoms with E-state index in [2.05, 4.69) is 4.98 Å². The Morgan fingerprint density at radius 1 is 1.24 bits per heavy atom. The summed E-state index contributed by atoms with van der Waals surface area (Å²) in [4.78, 5) is 14.6. The van der Waals surface area contributed by atoms with Gasteiger partial charge in [0.25, 0.3) is 5.69 Å². The third-order valence-corrected chi connectivity index (χ3v) is 3.62. The van der Waals surface area contributed by atoms with Gasteiger partial charge in [-0.1, -0.05) is 0 Å². The van der Waals surface area contributed by atoms with Crippen molar-refractivity contribution in [3.63, 3.8) is 0 Å². The summed E-state index contributed by atoms with van der Waals surface area (Å²) < 4.78 is 32.3. The monoisotopic (exact) mass is 346 g/mol. The van der Waals surface area contributed by atoms with Crippen LogP contribution < -0.4 is 4.74 Å². The van der Waals surface area contributed by atoms with Gasteiger partial charge in [-0.25, -0.2) is 8.78 Å². The van der Waals surface area contributed by atoms with Crippen LogP contribution in [0.5, 0.6) is 5.75 Å². The average Bonchev–Trinajstić information content (AvgIpc) is 2.61. The summed E-state index contributed by atoms with van der Waals surface area (Å²) in [5, 5.41) is 21.4. The number of hydrogen-bond donors (Lipinski definition) is 1. The van der Waals surface area contributed by atoms with Gasteiger partial charge in [0, 0.05) is 17.8 Å². The van der Waals surface area contributed by atoms with Gasteiger partial charge in [0.1, 0.15) is 35.6 Å². The number of nitro benzene ring substituents is 1. The number of benzene rings is 2. The number of aromatic nitrogens is 1. The van der Waals surface area contributed by atoms with Crippen molar-refractivity contribution in [2.45, 2.75) is 6.10 Å². The summed E-state index contributed by atoms with van der Waals surface area (Å²) in [5.41, 5.74) is -0.130. The molecule has 6 nitrogen and oxygen atoms in total. The van der Waals surface area contributed by atoms with Gasteiger partial charge < -0.3 is 9.84 Å². The number of hydrogen-bond acceptors (Lipinski definition) is 5. The minimum atomic E-state index is -1.41. The SMILES string of the molecule is O=[N+]([O-])c1ccc(OCC(O)c2cc(F)ccc2F)c2ncccc12. The van der Waals surface area contributed by atoms with E-state index in [0.717, 1.165) is 18.2 Å². The second-order valence-corrected chi connectivity index (χ2v) is 5.23. The Balaban J connectivity index is 1.88. The minimum Gasteiger partial charge on any atom is -0.488 e. The minimum absolute atomic E-state index is 0.132. The molecule has 1 N–H and O–H groups in total. The summed E-state index contributed by atoms with van der Waals surface area (Å²) in [6.07, 6.45) is 0.0337. The molecule has 0 bridgehead atoms. The number of halogens is 2. The number of aliphatic hydroxyl groups is 1. The number of pyridine rings is 1. The molecule has 0 aliphatic heterocycles. The van der Waals surface area contributed by atoms with Gasteiger partial charge in [-0.2, -0.15) is 0 Å². The smallest absolute Gasteiger partial charge is 0.279 e. The van der Waals surface area contributed by atoms with Gasteiger partial charge in [0.15, 0.2) is 0 Å². The molecule has 25 heavy (non-hydrogen) atoms. The van der Waals surface area contributed by atoms with Gasteiger partial charge in [-0.3, -0.25) is 15.1 Å². The fourth-order valence-corrected chi connectivity index (χ4v) is 2.44. The second-order valence-electron chi connectivity index (χ2n) is 5.23. The lowest BCUT2D eigenvalue weighted by atomic mass is 10.1. The van der Waals surface area contributed by atoms with E-state index in [-0.39, 0.29) is 34.5 Å². The summed E-state index contributed by atoms with van der Waals surface area (Å²) in [6.45, 7) is -0.371. The van der Waals surface area contributed by atoms with Crippen LogP contribution in [0.3, 0.4) is 0 Å². The van der Waals surface area contributed by atoms with E-state index in [1.165, 1.54) is 24.4 Å². The Morgan fingerprint density at radius 3 is 2.80 bits per heavy atom. The normalized spacial score (nSPS) is 12.1. The van der Waals surface area contributed by atoms with E-state index >= 15 is 0 Å². The molecule has 8 heteroatoms. The van der Waals surface area contributed by atoms with Crippen LogP contribution in [-0.2, 0) is 0 Å². The standard InChI is InChI=1S/C17H12F2N2O4/c18-10-3-4-13(19)12(8-10)15(22)9-25-16-6-5-14(21(23)24)11-2-1-7-20-17(11)16/h1-8,15,22H,9H2. The van der Waals surface area contributed by atoms with Crippen LogP contribution in [0.15, 0.2) is 48.7 Å². The highest BCUT2D eigenvalue weighted by molar-refractivity contribution is 5.92. The maximum absolute atomic E-state index is 13.7. The van der Waals surface area contributed by atoms with Crippen molar-refractivity contribution in [2.75, 3.05) is 6.61 Å². The van der Waals surface area contributed by atoms with Crippen LogP contribution in [0.2, 0.25) is 0 Å². The first-order valence-corrected chi connectivity index (χ1v) is 7.25. The van der Waals surface area contributed by atoms with E-state index in [1.807, 2.05) is 0 Å². The lowest BCUT2D eigenvalue weighted by Gasteiger charge is -2.14. The van der Waals surface area contributed by atoms with Gasteiger partial charge in [-0.15, -0.1) is 0 Å². The molecular formula is C17H12F2N2O4. The molecular weight excluding hydrogens is 334 g/mol. The van der Waals surface area contributed by atoms with Crippen LogP contribution in [0, 0.1) is 21.7 Å². The maximum Gasteiger partial charge on any atom is 0.279 e. The molecule has 0 amide bonds. The number of nitro groups is 1. The predicted octanol–water partition coefficient (Wildman–Crippen LogP) is 3.53. The number of rotatable bonds is 5. The first-order valence-electron chi connectivity index (χ1n) is 7.25. The Hall–Kier alpha value is -3.13. The van der Waals surface area contributed by atoms with Crippen LogP contribution in [0.25, 0.3) is 10.9 Å². The molecule has 2 aromatic carbocycles. The van der Waals surface area contributed by atoms with Crippen molar-refractivity contribution in [1.82, 2.24) is 4.98 Å². The third-order valence-electron chi connectivity index (χ3n) is 3.62. The summed E-state index contributed by atoms with van der Waals surface area (Å²) in [7, 11) is 0. The van der Waals surface area contributed by atoms with Gasteiger partial charge in [0.05, 0.1) is 10.3 Å². The third kappa shape index (κ3) is 3.38. The van der Waals surface area contributed by atoms with Crippen LogP contribution in [0.4, 0.5) is 14.5 Å². The first kappa shape index (κ1) is 16.7. The topological polar surface area (TPSA) is 85.5 Å². The lowest BCUT2D eigenvalue weighted by molar-refractivity contribution is -0.383. The molecule has 0 aliphatic rings. The Bertz CT molecular complexity index is 949. The Kier molecular flexibility index (Phi) is 4.53. The van der Waals surface area contributed by atoms with Gasteiger partial charge in [0.2, 0.25) is 0 Å². The summed E-state index contributed by atoms with van der Waals surface area (Å²) >= 11 is 0. The maximum atomic E-state index is 13.7. The molecule has 1 aromatic heterocycles. The van der Waals surface area contributed by atoms with E-state index in [1.54, 1.807) is 6.07 Å². The zero-order chi connectivity index (χ0) is 18.0. The van der Waals surface area contributed by atoms with Crippen molar-refractivity contribution in [2.24, 2.45) is 0 Å². The van der Waals surface area contributed by atoms with Crippen LogP contribution >= 0.6 is 0 Å². The molecule has 1 unspecified atom stereocenters. The molecule has 1 atom stereocenters. The van der Waals surface area contributed by atoms with E-state index < -0.39 is 22.7 Å². The molecule has 0 radical (unpaired) electrons. The Labute approximate surface area is 140 Å². The quantitative estimate of drug-likeness (QED) is 0.564. The molecule has 0 saturated carbocycles. The zero-order valence-corrected chi connectivity index (χ0v) is 12.7. The van der Waals surface area contributed by atoms with Crippen LogP contribution in [0.1, 0.15) is 11.7 Å². The first-order chi connectivity index (χ1) is 12.0. The van der Waals surface area contributed by atoms with E-state index in [4.69, 9.17) is 4.74 Å². The molecule has 3 aromatic rings. The fourth-order valence-electron chi connectivity index (χ4n) is 2.44. The lowest BCUT2D eigenvalue weighted by Crippen LogP contribution is -2.12. The highest BCUT2D eigenvalue weighted by atomic mass is 19.1. The fraction of sp³-hybridized carbons (Fsp3) is 0.118. The number of nitrogens with zero attached hydrogens (tertiary/aromatic N) is 2. The predicted molar refractivity (Wildman–Crippen MR) is 85.2 cm³/mol. The van der Waals surface area contributed by atoms with Crippen molar-refractivity contribution in [3.05, 3.63) is 76.0 Å². The largest absolute Gasteiger partial charge is 0.488 e. The number of aliphatic hydroxyl groups excluding tert-OH is 1. The molecule has 128 valence electrons. The second kappa shape index (κ2) is 6.78. The van der Waals surface area contributed by atoms with Crippen molar-refractivity contribution < 1.29 is 23.5 Å². The summed E-state index contributed by atoms with van der Waals surface area (Å²) in [6, 6.07) is 8.43. The summed E-state index contributed by atoms with van der Waals surface area (Å²) in [5.74, 6) is -1.25. The van der Waals surface area contributed by atoms with Gasteiger partial charge >= 0.3 is 0 Å². The molecule has 1 heterocycles. The average molecular weight is 346 g/mol. The van der Waals surface area contributed by atoms with Crippen molar-refractivity contribution in [3.8, 4) is 5.75 Å². The van der Waals surface area contributed by atoms with E-state index in [9.17, 15) is 24.0 Å². The molecule has 0 spiro atoms. The molecule has 0 fully saturated rings. The highest BCUT2D eigenvalue weighted by Gasteiger charge is 2.18. The highest BCUT2D eigenvalue weighted by Crippen LogP contribution is 2.32. The number of non-ortho nitro benzene ring substituents is 1. The number of ether oxygens (including phenoxy) is 1. The van der Waals surface area contributed by atoms with Crippen molar-refractivity contribution >= 4 is 16.6 Å². The molecule has 0 saturated heterocycles. The molecule has 0 aliphatic carbocycles. The van der Waals surface area contributed by atoms with Gasteiger partial charge in [-0.05, 0) is 36.4 Å². The Morgan fingerprint density at radius 2 is 2.04 bits per heavy atom.